The Bertz CT molecular complexity index is 1250. The van der Waals surface area contributed by atoms with Gasteiger partial charge in [-0.2, -0.15) is 0 Å². The summed E-state index contributed by atoms with van der Waals surface area (Å²) < 4.78 is 12.1. The number of carbonyl (C=O) groups is 2. The summed E-state index contributed by atoms with van der Waals surface area (Å²) in [6.07, 6.45) is 5.43. The molecular weight excluding hydrogens is 504 g/mol. The van der Waals surface area contributed by atoms with Crippen molar-refractivity contribution in [2.45, 2.75) is 52.1 Å². The molecule has 1 fully saturated rings. The molecule has 0 aromatic heterocycles. The minimum atomic E-state index is -0.213. The van der Waals surface area contributed by atoms with Gasteiger partial charge in [0.1, 0.15) is 23.4 Å². The molecule has 8 nitrogen and oxygen atoms in total. The maximum Gasteiger partial charge on any atom is 0.319 e. The number of nitrogens with zero attached hydrogens (tertiary/aromatic N) is 1. The fraction of sp³-hybridized carbons (Fsp3) is 0.375. The summed E-state index contributed by atoms with van der Waals surface area (Å²) in [6.45, 7) is 6.80. The van der Waals surface area contributed by atoms with E-state index >= 15 is 0 Å². The molecule has 1 saturated heterocycles. The van der Waals surface area contributed by atoms with Gasteiger partial charge in [0.05, 0.1) is 0 Å². The molecule has 0 spiro atoms. The van der Waals surface area contributed by atoms with Gasteiger partial charge in [0, 0.05) is 36.6 Å². The third kappa shape index (κ3) is 8.74. The van der Waals surface area contributed by atoms with Gasteiger partial charge in [0.15, 0.2) is 0 Å². The summed E-state index contributed by atoms with van der Waals surface area (Å²) in [5.41, 5.74) is 2.83. The second-order valence-electron chi connectivity index (χ2n) is 10.3. The van der Waals surface area contributed by atoms with Crippen LogP contribution in [0.15, 0.2) is 66.7 Å². The Kier molecular flexibility index (Phi) is 10.4. The molecule has 0 saturated carbocycles. The summed E-state index contributed by atoms with van der Waals surface area (Å²) in [4.78, 5) is 27.1. The lowest BCUT2D eigenvalue weighted by molar-refractivity contribution is 0.102. The van der Waals surface area contributed by atoms with E-state index in [1.54, 1.807) is 24.3 Å². The fourth-order valence-corrected chi connectivity index (χ4v) is 4.51. The number of hydrogen-bond donors (Lipinski definition) is 3. The van der Waals surface area contributed by atoms with Crippen LogP contribution in [0.3, 0.4) is 0 Å². The summed E-state index contributed by atoms with van der Waals surface area (Å²) in [5.74, 6) is 1.94. The summed E-state index contributed by atoms with van der Waals surface area (Å²) in [6, 6.07) is 19.8. The Balaban J connectivity index is 1.26. The van der Waals surface area contributed by atoms with Crippen molar-refractivity contribution in [3.8, 4) is 17.2 Å². The van der Waals surface area contributed by atoms with Crippen molar-refractivity contribution in [3.63, 3.8) is 0 Å². The molecule has 8 heteroatoms. The zero-order valence-electron chi connectivity index (χ0n) is 23.7. The Morgan fingerprint density at radius 2 is 1.55 bits per heavy atom. The number of ether oxygens (including phenoxy) is 2. The number of urea groups is 1. The van der Waals surface area contributed by atoms with Crippen molar-refractivity contribution in [2.24, 2.45) is 0 Å². The molecular formula is C32H40N4O4. The Morgan fingerprint density at radius 1 is 0.875 bits per heavy atom. The number of anilines is 2. The number of rotatable bonds is 11. The van der Waals surface area contributed by atoms with Crippen LogP contribution in [0, 0.1) is 6.92 Å². The first-order valence-corrected chi connectivity index (χ1v) is 14.1. The Labute approximate surface area is 237 Å². The quantitative estimate of drug-likeness (QED) is 0.230. The van der Waals surface area contributed by atoms with E-state index in [-0.39, 0.29) is 18.0 Å². The average molecular weight is 545 g/mol. The minimum Gasteiger partial charge on any atom is -0.490 e. The summed E-state index contributed by atoms with van der Waals surface area (Å²) in [5, 5.41) is 8.64. The van der Waals surface area contributed by atoms with E-state index in [4.69, 9.17) is 9.47 Å². The van der Waals surface area contributed by atoms with E-state index in [9.17, 15) is 9.59 Å². The van der Waals surface area contributed by atoms with E-state index in [1.165, 1.54) is 0 Å². The van der Waals surface area contributed by atoms with Crippen LogP contribution in [0.2, 0.25) is 0 Å². The van der Waals surface area contributed by atoms with E-state index in [0.29, 0.717) is 35.0 Å². The van der Waals surface area contributed by atoms with Crippen molar-refractivity contribution in [2.75, 3.05) is 37.3 Å². The lowest BCUT2D eigenvalue weighted by atomic mass is 10.1. The van der Waals surface area contributed by atoms with Crippen LogP contribution in [-0.2, 0) is 0 Å². The van der Waals surface area contributed by atoms with E-state index in [0.717, 1.165) is 56.5 Å². The summed E-state index contributed by atoms with van der Waals surface area (Å²) >= 11 is 0. The molecule has 1 aliphatic rings. The first-order chi connectivity index (χ1) is 19.4. The van der Waals surface area contributed by atoms with Crippen LogP contribution in [0.4, 0.5) is 16.2 Å². The smallest absolute Gasteiger partial charge is 0.319 e. The van der Waals surface area contributed by atoms with Crippen LogP contribution in [0.1, 0.15) is 54.9 Å². The SMILES string of the molecule is CCCCCNC(=O)Nc1ccc(Oc2ccc(NC(=O)c3ccc(OC4CCN(C)CC4)cc3)cc2C)cc1. The van der Waals surface area contributed by atoms with Crippen molar-refractivity contribution >= 4 is 23.3 Å². The van der Waals surface area contributed by atoms with Gasteiger partial charge in [-0.15, -0.1) is 0 Å². The molecule has 0 unspecified atom stereocenters. The molecule has 0 bridgehead atoms. The largest absolute Gasteiger partial charge is 0.490 e. The van der Waals surface area contributed by atoms with Gasteiger partial charge in [-0.1, -0.05) is 19.8 Å². The van der Waals surface area contributed by atoms with Gasteiger partial charge in [-0.3, -0.25) is 4.79 Å². The molecule has 3 aromatic carbocycles. The molecule has 40 heavy (non-hydrogen) atoms. The van der Waals surface area contributed by atoms with Gasteiger partial charge in [-0.05, 0) is 106 Å². The molecule has 212 valence electrons. The highest BCUT2D eigenvalue weighted by molar-refractivity contribution is 6.04. The minimum absolute atomic E-state index is 0.184. The van der Waals surface area contributed by atoms with Crippen molar-refractivity contribution in [1.82, 2.24) is 10.2 Å². The van der Waals surface area contributed by atoms with Crippen molar-refractivity contribution in [1.29, 1.82) is 0 Å². The molecule has 1 heterocycles. The van der Waals surface area contributed by atoms with Crippen LogP contribution >= 0.6 is 0 Å². The lowest BCUT2D eigenvalue weighted by Crippen LogP contribution is -2.35. The number of amides is 3. The predicted molar refractivity (Wildman–Crippen MR) is 160 cm³/mol. The first-order valence-electron chi connectivity index (χ1n) is 14.1. The molecule has 4 rings (SSSR count). The van der Waals surface area contributed by atoms with E-state index in [1.807, 2.05) is 49.4 Å². The maximum absolute atomic E-state index is 12.8. The third-order valence-electron chi connectivity index (χ3n) is 6.92. The summed E-state index contributed by atoms with van der Waals surface area (Å²) in [7, 11) is 2.13. The molecule has 3 N–H and O–H groups in total. The van der Waals surface area contributed by atoms with Crippen LogP contribution in [-0.4, -0.2) is 49.6 Å². The number of nitrogens with one attached hydrogen (secondary N) is 3. The van der Waals surface area contributed by atoms with Gasteiger partial charge in [-0.25, -0.2) is 4.79 Å². The zero-order valence-corrected chi connectivity index (χ0v) is 23.7. The van der Waals surface area contributed by atoms with Crippen LogP contribution in [0.5, 0.6) is 17.2 Å². The Hall–Kier alpha value is -4.04. The van der Waals surface area contributed by atoms with Gasteiger partial charge in [0.2, 0.25) is 0 Å². The van der Waals surface area contributed by atoms with Gasteiger partial charge >= 0.3 is 6.03 Å². The molecule has 3 aromatic rings. The maximum atomic E-state index is 12.8. The second-order valence-corrected chi connectivity index (χ2v) is 10.3. The van der Waals surface area contributed by atoms with E-state index < -0.39 is 0 Å². The zero-order chi connectivity index (χ0) is 28.3. The second kappa shape index (κ2) is 14.4. The third-order valence-corrected chi connectivity index (χ3v) is 6.92. The standard InChI is InChI=1S/C32H40N4O4/c1-4-5-6-19-33-32(38)35-25-9-14-28(15-10-25)40-30-16-11-26(22-23(30)2)34-31(37)24-7-12-27(13-8-24)39-29-17-20-36(3)21-18-29/h7-16,22,29H,4-6,17-21H2,1-3H3,(H,34,37)(H2,33,35,38). The topological polar surface area (TPSA) is 91.9 Å². The van der Waals surface area contributed by atoms with Crippen LogP contribution < -0.4 is 25.4 Å². The highest BCUT2D eigenvalue weighted by atomic mass is 16.5. The number of unbranched alkanes of at least 4 members (excludes halogenated alkanes) is 2. The number of hydrogen-bond acceptors (Lipinski definition) is 5. The molecule has 0 radical (unpaired) electrons. The van der Waals surface area contributed by atoms with Gasteiger partial charge < -0.3 is 30.3 Å². The Morgan fingerprint density at radius 3 is 2.23 bits per heavy atom. The highest BCUT2D eigenvalue weighted by Crippen LogP contribution is 2.28. The number of aryl methyl sites for hydroxylation is 1. The fourth-order valence-electron chi connectivity index (χ4n) is 4.51. The highest BCUT2D eigenvalue weighted by Gasteiger charge is 2.18. The average Bonchev–Trinajstić information content (AvgIpc) is 2.95. The molecule has 0 atom stereocenters. The van der Waals surface area contributed by atoms with Gasteiger partial charge in [0.25, 0.3) is 5.91 Å². The predicted octanol–water partition coefficient (Wildman–Crippen LogP) is 6.82. The monoisotopic (exact) mass is 544 g/mol. The molecule has 3 amide bonds. The number of piperidine rings is 1. The number of benzene rings is 3. The molecule has 0 aliphatic carbocycles. The number of likely N-dealkylation sites (tertiary alicyclic amines) is 1. The molecule has 1 aliphatic heterocycles. The lowest BCUT2D eigenvalue weighted by Gasteiger charge is -2.29. The normalized spacial score (nSPS) is 13.9. The number of carbonyl (C=O) groups excluding carboxylic acids is 2. The van der Waals surface area contributed by atoms with Crippen molar-refractivity contribution < 1.29 is 19.1 Å². The van der Waals surface area contributed by atoms with Crippen LogP contribution in [0.25, 0.3) is 0 Å². The van der Waals surface area contributed by atoms with E-state index in [2.05, 4.69) is 34.8 Å². The first kappa shape index (κ1) is 29.0. The van der Waals surface area contributed by atoms with Crippen molar-refractivity contribution in [3.05, 3.63) is 77.9 Å².